The van der Waals surface area contributed by atoms with Crippen LogP contribution in [-0.4, -0.2) is 23.9 Å². The van der Waals surface area contributed by atoms with E-state index in [1.54, 1.807) is 24.2 Å². The Balaban J connectivity index is 2.28. The van der Waals surface area contributed by atoms with Gasteiger partial charge >= 0.3 is 0 Å². The fourth-order valence-electron chi connectivity index (χ4n) is 1.61. The van der Waals surface area contributed by atoms with Crippen molar-refractivity contribution in [3.05, 3.63) is 41.4 Å². The van der Waals surface area contributed by atoms with Gasteiger partial charge in [0.25, 0.3) is 5.91 Å². The summed E-state index contributed by atoms with van der Waals surface area (Å²) in [7, 11) is 1.74. The summed E-state index contributed by atoms with van der Waals surface area (Å²) < 4.78 is 9.46. The summed E-state index contributed by atoms with van der Waals surface area (Å²) in [5.41, 5.74) is 0.762. The van der Waals surface area contributed by atoms with Crippen molar-refractivity contribution in [2.24, 2.45) is 0 Å². The molecule has 5 heteroatoms. The number of benzene rings is 1. The smallest absolute Gasteiger partial charge is 0.269 e. The Bertz CT molecular complexity index is 526. The van der Waals surface area contributed by atoms with Crippen LogP contribution in [0, 0.1) is 0 Å². The van der Waals surface area contributed by atoms with E-state index in [1.807, 2.05) is 31.2 Å². The maximum Gasteiger partial charge on any atom is 0.269 e. The summed E-state index contributed by atoms with van der Waals surface area (Å²) in [4.78, 5) is 14.4. The number of amides is 1. The summed E-state index contributed by atoms with van der Waals surface area (Å²) in [6.07, 6.45) is 1.63. The molecule has 0 radical (unpaired) electrons. The van der Waals surface area contributed by atoms with Gasteiger partial charge in [-0.15, -0.1) is 0 Å². The molecule has 0 atom stereocenters. The first kappa shape index (κ1) is 12.6. The highest BCUT2D eigenvalue weighted by Crippen LogP contribution is 2.28. The third-order valence-corrected chi connectivity index (χ3v) is 3.21. The summed E-state index contributed by atoms with van der Waals surface area (Å²) in [5.74, 6) is 0.630. The van der Waals surface area contributed by atoms with Crippen LogP contribution in [0.5, 0.6) is 5.75 Å². The van der Waals surface area contributed by atoms with Crippen LogP contribution < -0.4 is 9.64 Å². The third kappa shape index (κ3) is 2.51. The first-order valence-electron chi connectivity index (χ1n) is 5.64. The second-order valence-electron chi connectivity index (χ2n) is 3.64. The normalized spacial score (nSPS) is 10.1. The molecule has 0 fully saturated rings. The lowest BCUT2D eigenvalue weighted by atomic mass is 10.2. The zero-order chi connectivity index (χ0) is 13.0. The molecule has 1 aromatic carbocycles. The molecular weight excluding hydrogens is 248 g/mol. The van der Waals surface area contributed by atoms with Gasteiger partial charge in [-0.25, -0.2) is 4.37 Å². The molecule has 2 aromatic rings. The average molecular weight is 262 g/mol. The van der Waals surface area contributed by atoms with Crippen LogP contribution in [0.3, 0.4) is 0 Å². The van der Waals surface area contributed by atoms with Gasteiger partial charge < -0.3 is 9.64 Å². The number of para-hydroxylation sites is 2. The molecule has 1 aromatic heterocycles. The van der Waals surface area contributed by atoms with Gasteiger partial charge in [0.15, 0.2) is 0 Å². The molecule has 0 aliphatic heterocycles. The molecule has 18 heavy (non-hydrogen) atoms. The monoisotopic (exact) mass is 262 g/mol. The SMILES string of the molecule is CCOc1ccccc1N(C)C(=O)c1ccns1. The zero-order valence-electron chi connectivity index (χ0n) is 10.3. The fourth-order valence-corrected chi connectivity index (χ4v) is 2.18. The van der Waals surface area contributed by atoms with Gasteiger partial charge in [-0.1, -0.05) is 12.1 Å². The topological polar surface area (TPSA) is 42.4 Å². The Morgan fingerprint density at radius 3 is 2.83 bits per heavy atom. The van der Waals surface area contributed by atoms with Crippen molar-refractivity contribution in [3.63, 3.8) is 0 Å². The summed E-state index contributed by atoms with van der Waals surface area (Å²) in [6, 6.07) is 9.21. The van der Waals surface area contributed by atoms with Gasteiger partial charge in [0, 0.05) is 13.2 Å². The standard InChI is InChI=1S/C13H14N2O2S/c1-3-17-11-7-5-4-6-10(11)15(2)13(16)12-8-9-14-18-12/h4-9H,3H2,1-2H3. The first-order valence-corrected chi connectivity index (χ1v) is 6.42. The molecule has 2 rings (SSSR count). The highest BCUT2D eigenvalue weighted by Gasteiger charge is 2.17. The van der Waals surface area contributed by atoms with Gasteiger partial charge in [-0.05, 0) is 36.7 Å². The lowest BCUT2D eigenvalue weighted by molar-refractivity contribution is 0.0996. The van der Waals surface area contributed by atoms with Crippen LogP contribution >= 0.6 is 11.5 Å². The average Bonchev–Trinajstić information content (AvgIpc) is 2.92. The van der Waals surface area contributed by atoms with Gasteiger partial charge in [0.1, 0.15) is 10.6 Å². The molecule has 1 amide bonds. The van der Waals surface area contributed by atoms with Crippen molar-refractivity contribution in [3.8, 4) is 5.75 Å². The van der Waals surface area contributed by atoms with Crippen LogP contribution in [-0.2, 0) is 0 Å². The Morgan fingerprint density at radius 1 is 1.39 bits per heavy atom. The van der Waals surface area contributed by atoms with Crippen molar-refractivity contribution in [2.45, 2.75) is 6.92 Å². The van der Waals surface area contributed by atoms with Crippen LogP contribution in [0.25, 0.3) is 0 Å². The molecular formula is C13H14N2O2S. The Kier molecular flexibility index (Phi) is 3.94. The van der Waals surface area contributed by atoms with Gasteiger partial charge in [-0.2, -0.15) is 0 Å². The van der Waals surface area contributed by atoms with Crippen LogP contribution in [0.15, 0.2) is 36.5 Å². The highest BCUT2D eigenvalue weighted by atomic mass is 32.1. The van der Waals surface area contributed by atoms with E-state index in [-0.39, 0.29) is 5.91 Å². The van der Waals surface area contributed by atoms with Crippen molar-refractivity contribution in [1.82, 2.24) is 4.37 Å². The zero-order valence-corrected chi connectivity index (χ0v) is 11.1. The highest BCUT2D eigenvalue weighted by molar-refractivity contribution is 7.08. The van der Waals surface area contributed by atoms with Crippen LogP contribution in [0.4, 0.5) is 5.69 Å². The van der Waals surface area contributed by atoms with Gasteiger partial charge in [0.2, 0.25) is 0 Å². The minimum atomic E-state index is -0.0790. The number of carbonyl (C=O) groups is 1. The largest absolute Gasteiger partial charge is 0.492 e. The van der Waals surface area contributed by atoms with E-state index in [4.69, 9.17) is 4.74 Å². The lowest BCUT2D eigenvalue weighted by Crippen LogP contribution is -2.25. The van der Waals surface area contributed by atoms with Gasteiger partial charge in [-0.3, -0.25) is 4.79 Å². The molecule has 0 spiro atoms. The molecule has 0 N–H and O–H groups in total. The molecule has 4 nitrogen and oxygen atoms in total. The van der Waals surface area contributed by atoms with E-state index in [9.17, 15) is 4.79 Å². The minimum absolute atomic E-state index is 0.0790. The number of rotatable bonds is 4. The van der Waals surface area contributed by atoms with Crippen molar-refractivity contribution >= 4 is 23.1 Å². The van der Waals surface area contributed by atoms with E-state index in [0.717, 1.165) is 5.69 Å². The maximum atomic E-state index is 12.2. The van der Waals surface area contributed by atoms with Crippen molar-refractivity contribution in [1.29, 1.82) is 0 Å². The number of nitrogens with zero attached hydrogens (tertiary/aromatic N) is 2. The number of carbonyl (C=O) groups excluding carboxylic acids is 1. The number of anilines is 1. The molecule has 0 aliphatic carbocycles. The Hall–Kier alpha value is -1.88. The number of aromatic nitrogens is 1. The quantitative estimate of drug-likeness (QED) is 0.851. The summed E-state index contributed by atoms with van der Waals surface area (Å²) in [6.45, 7) is 2.49. The van der Waals surface area contributed by atoms with E-state index >= 15 is 0 Å². The predicted molar refractivity (Wildman–Crippen MR) is 72.5 cm³/mol. The second-order valence-corrected chi connectivity index (χ2v) is 4.47. The molecule has 0 aliphatic rings. The van der Waals surface area contributed by atoms with Crippen molar-refractivity contribution in [2.75, 3.05) is 18.6 Å². The number of hydrogen-bond acceptors (Lipinski definition) is 4. The Morgan fingerprint density at radius 2 is 2.17 bits per heavy atom. The van der Waals surface area contributed by atoms with Crippen LogP contribution in [0.1, 0.15) is 16.6 Å². The Labute approximate surface area is 110 Å². The molecule has 0 saturated carbocycles. The van der Waals surface area contributed by atoms with E-state index in [1.165, 1.54) is 11.5 Å². The second kappa shape index (κ2) is 5.64. The van der Waals surface area contributed by atoms with Crippen molar-refractivity contribution < 1.29 is 9.53 Å². The predicted octanol–water partition coefficient (Wildman–Crippen LogP) is 2.82. The third-order valence-electron chi connectivity index (χ3n) is 2.48. The van der Waals surface area contributed by atoms with Gasteiger partial charge in [0.05, 0.1) is 12.3 Å². The minimum Gasteiger partial charge on any atom is -0.492 e. The number of hydrogen-bond donors (Lipinski definition) is 0. The lowest BCUT2D eigenvalue weighted by Gasteiger charge is -2.19. The van der Waals surface area contributed by atoms with Crippen LogP contribution in [0.2, 0.25) is 0 Å². The van der Waals surface area contributed by atoms with E-state index in [0.29, 0.717) is 17.2 Å². The summed E-state index contributed by atoms with van der Waals surface area (Å²) in [5, 5.41) is 0. The fraction of sp³-hybridized carbons (Fsp3) is 0.231. The van der Waals surface area contributed by atoms with E-state index < -0.39 is 0 Å². The molecule has 1 heterocycles. The summed E-state index contributed by atoms with van der Waals surface area (Å²) >= 11 is 1.19. The molecule has 0 bridgehead atoms. The first-order chi connectivity index (χ1) is 8.74. The van der Waals surface area contributed by atoms with E-state index in [2.05, 4.69) is 4.37 Å². The molecule has 0 unspecified atom stereocenters. The maximum absolute atomic E-state index is 12.2. The molecule has 0 saturated heterocycles. The molecule has 94 valence electrons. The number of ether oxygens (including phenoxy) is 1.